The number of nitrogens with zero attached hydrogens (tertiary/aromatic N) is 1. The first-order chi connectivity index (χ1) is 10.7. The number of carbonyl (C=O) groups is 1. The van der Waals surface area contributed by atoms with Gasteiger partial charge in [0.2, 0.25) is 0 Å². The molecule has 0 heterocycles. The lowest BCUT2D eigenvalue weighted by molar-refractivity contribution is -0.147. The number of esters is 1. The lowest BCUT2D eigenvalue weighted by Gasteiger charge is -2.10. The predicted octanol–water partition coefficient (Wildman–Crippen LogP) is 2.69. The molecule has 5 nitrogen and oxygen atoms in total. The summed E-state index contributed by atoms with van der Waals surface area (Å²) in [5.41, 5.74) is 1.15. The van der Waals surface area contributed by atoms with Crippen molar-refractivity contribution in [2.75, 3.05) is 13.7 Å². The highest BCUT2D eigenvalue weighted by molar-refractivity contribution is 5.71. The van der Waals surface area contributed by atoms with Crippen LogP contribution < -0.4 is 9.47 Å². The number of hydrogen-bond acceptors (Lipinski definition) is 5. The quantitative estimate of drug-likeness (QED) is 0.767. The Morgan fingerprint density at radius 3 is 2.50 bits per heavy atom. The fraction of sp³-hybridized carbons (Fsp3) is 0.176. The summed E-state index contributed by atoms with van der Waals surface area (Å²) in [5.74, 6) is 0.504. The minimum absolute atomic E-state index is 0.103. The summed E-state index contributed by atoms with van der Waals surface area (Å²) >= 11 is 0. The molecule has 0 aliphatic heterocycles. The molecule has 0 N–H and O–H groups in total. The first-order valence-corrected chi connectivity index (χ1v) is 6.64. The molecule has 0 bridgehead atoms. The Morgan fingerprint density at radius 2 is 1.77 bits per heavy atom. The maximum Gasteiger partial charge on any atom is 0.344 e. The average molecular weight is 297 g/mol. The molecule has 0 aliphatic carbocycles. The van der Waals surface area contributed by atoms with Gasteiger partial charge in [-0.1, -0.05) is 30.3 Å². The standard InChI is InChI=1S/C17H15NO4/c1-20-15-8-4-3-7-14(15)11-22-17(19)12-21-16-9-5-2-6-13(16)10-18/h2-9H,11-12H2,1H3. The van der Waals surface area contributed by atoms with Crippen molar-refractivity contribution in [2.45, 2.75) is 6.61 Å². The third-order valence-electron chi connectivity index (χ3n) is 2.93. The summed E-state index contributed by atoms with van der Waals surface area (Å²) in [6, 6.07) is 16.0. The summed E-state index contributed by atoms with van der Waals surface area (Å²) in [7, 11) is 1.56. The van der Waals surface area contributed by atoms with E-state index in [1.54, 1.807) is 37.4 Å². The third kappa shape index (κ3) is 4.00. The Balaban J connectivity index is 1.87. The molecule has 2 rings (SSSR count). The van der Waals surface area contributed by atoms with Crippen molar-refractivity contribution in [1.29, 1.82) is 5.26 Å². The topological polar surface area (TPSA) is 68.6 Å². The summed E-state index contributed by atoms with van der Waals surface area (Å²) < 4.78 is 15.6. The van der Waals surface area contributed by atoms with Gasteiger partial charge in [0.25, 0.3) is 0 Å². The van der Waals surface area contributed by atoms with Crippen molar-refractivity contribution in [3.8, 4) is 17.6 Å². The molecular weight excluding hydrogens is 282 g/mol. The van der Waals surface area contributed by atoms with Gasteiger partial charge in [-0.25, -0.2) is 4.79 Å². The van der Waals surface area contributed by atoms with Gasteiger partial charge in [-0.05, 0) is 18.2 Å². The molecule has 0 fully saturated rings. The second-order valence-corrected chi connectivity index (χ2v) is 4.37. The molecule has 2 aromatic rings. The van der Waals surface area contributed by atoms with E-state index in [1.807, 2.05) is 24.3 Å². The molecule has 22 heavy (non-hydrogen) atoms. The smallest absolute Gasteiger partial charge is 0.344 e. The van der Waals surface area contributed by atoms with Crippen LogP contribution in [-0.2, 0) is 16.1 Å². The van der Waals surface area contributed by atoms with Gasteiger partial charge in [0.1, 0.15) is 24.2 Å². The number of benzene rings is 2. The Hall–Kier alpha value is -3.00. The van der Waals surface area contributed by atoms with Gasteiger partial charge in [-0.3, -0.25) is 0 Å². The SMILES string of the molecule is COc1ccccc1COC(=O)COc1ccccc1C#N. The van der Waals surface area contributed by atoms with Crippen LogP contribution >= 0.6 is 0 Å². The van der Waals surface area contributed by atoms with Gasteiger partial charge < -0.3 is 14.2 Å². The summed E-state index contributed by atoms with van der Waals surface area (Å²) in [4.78, 5) is 11.7. The van der Waals surface area contributed by atoms with Gasteiger partial charge in [0.05, 0.1) is 12.7 Å². The number of rotatable bonds is 6. The minimum Gasteiger partial charge on any atom is -0.496 e. The lowest BCUT2D eigenvalue weighted by Crippen LogP contribution is -2.15. The highest BCUT2D eigenvalue weighted by Gasteiger charge is 2.09. The van der Waals surface area contributed by atoms with Crippen LogP contribution in [0, 0.1) is 11.3 Å². The molecule has 5 heteroatoms. The monoisotopic (exact) mass is 297 g/mol. The molecule has 0 aliphatic rings. The van der Waals surface area contributed by atoms with Gasteiger partial charge >= 0.3 is 5.97 Å². The van der Waals surface area contributed by atoms with E-state index in [9.17, 15) is 4.79 Å². The number of ether oxygens (including phenoxy) is 3. The van der Waals surface area contributed by atoms with Gasteiger partial charge in [0.15, 0.2) is 6.61 Å². The predicted molar refractivity (Wildman–Crippen MR) is 79.4 cm³/mol. The Morgan fingerprint density at radius 1 is 1.09 bits per heavy atom. The number of nitriles is 1. The molecule has 0 saturated carbocycles. The van der Waals surface area contributed by atoms with E-state index in [4.69, 9.17) is 19.5 Å². The lowest BCUT2D eigenvalue weighted by atomic mass is 10.2. The Kier molecular flexibility index (Phi) is 5.38. The summed E-state index contributed by atoms with van der Waals surface area (Å²) in [6.07, 6.45) is 0. The van der Waals surface area contributed by atoms with Crippen molar-refractivity contribution in [1.82, 2.24) is 0 Å². The molecule has 112 valence electrons. The maximum absolute atomic E-state index is 11.7. The second kappa shape index (κ2) is 7.70. The molecule has 0 atom stereocenters. The van der Waals surface area contributed by atoms with Crippen LogP contribution in [0.5, 0.6) is 11.5 Å². The minimum atomic E-state index is -0.515. The van der Waals surface area contributed by atoms with Crippen molar-refractivity contribution in [3.63, 3.8) is 0 Å². The van der Waals surface area contributed by atoms with Crippen molar-refractivity contribution < 1.29 is 19.0 Å². The van der Waals surface area contributed by atoms with E-state index in [0.29, 0.717) is 17.1 Å². The Bertz CT molecular complexity index is 691. The van der Waals surface area contributed by atoms with E-state index >= 15 is 0 Å². The molecule has 0 saturated heterocycles. The molecule has 0 spiro atoms. The first kappa shape index (κ1) is 15.4. The van der Waals surface area contributed by atoms with Gasteiger partial charge in [-0.2, -0.15) is 5.26 Å². The van der Waals surface area contributed by atoms with Crippen molar-refractivity contribution in [3.05, 3.63) is 59.7 Å². The van der Waals surface area contributed by atoms with Crippen LogP contribution in [0.4, 0.5) is 0 Å². The molecular formula is C17H15NO4. The fourth-order valence-corrected chi connectivity index (χ4v) is 1.84. The van der Waals surface area contributed by atoms with E-state index in [-0.39, 0.29) is 13.2 Å². The first-order valence-electron chi connectivity index (χ1n) is 6.64. The maximum atomic E-state index is 11.7. The van der Waals surface area contributed by atoms with E-state index in [0.717, 1.165) is 5.56 Å². The van der Waals surface area contributed by atoms with Crippen molar-refractivity contribution >= 4 is 5.97 Å². The van der Waals surface area contributed by atoms with Crippen LogP contribution in [0.1, 0.15) is 11.1 Å². The highest BCUT2D eigenvalue weighted by Crippen LogP contribution is 2.19. The van der Waals surface area contributed by atoms with E-state index in [1.165, 1.54) is 0 Å². The summed E-state index contributed by atoms with van der Waals surface area (Å²) in [5, 5.41) is 8.93. The zero-order valence-corrected chi connectivity index (χ0v) is 12.1. The molecule has 0 amide bonds. The van der Waals surface area contributed by atoms with Crippen LogP contribution in [0.25, 0.3) is 0 Å². The van der Waals surface area contributed by atoms with E-state index < -0.39 is 5.97 Å². The normalized spacial score (nSPS) is 9.64. The highest BCUT2D eigenvalue weighted by atomic mass is 16.6. The van der Waals surface area contributed by atoms with Crippen molar-refractivity contribution in [2.24, 2.45) is 0 Å². The van der Waals surface area contributed by atoms with Crippen LogP contribution in [0.15, 0.2) is 48.5 Å². The van der Waals surface area contributed by atoms with Crippen LogP contribution in [0.3, 0.4) is 0 Å². The molecule has 2 aromatic carbocycles. The number of hydrogen-bond donors (Lipinski definition) is 0. The molecule has 0 radical (unpaired) electrons. The average Bonchev–Trinajstić information content (AvgIpc) is 2.58. The zero-order chi connectivity index (χ0) is 15.8. The van der Waals surface area contributed by atoms with Crippen LogP contribution in [0.2, 0.25) is 0 Å². The largest absolute Gasteiger partial charge is 0.496 e. The van der Waals surface area contributed by atoms with Gasteiger partial charge in [-0.15, -0.1) is 0 Å². The van der Waals surface area contributed by atoms with Crippen LogP contribution in [-0.4, -0.2) is 19.7 Å². The number of carbonyl (C=O) groups excluding carboxylic acids is 1. The number of methoxy groups -OCH3 is 1. The van der Waals surface area contributed by atoms with Gasteiger partial charge in [0, 0.05) is 5.56 Å². The number of para-hydroxylation sites is 2. The Labute approximate surface area is 128 Å². The van der Waals surface area contributed by atoms with E-state index in [2.05, 4.69) is 0 Å². The molecule has 0 unspecified atom stereocenters. The third-order valence-corrected chi connectivity index (χ3v) is 2.93. The fourth-order valence-electron chi connectivity index (χ4n) is 1.84. The molecule has 0 aromatic heterocycles. The zero-order valence-electron chi connectivity index (χ0n) is 12.1. The second-order valence-electron chi connectivity index (χ2n) is 4.37. The summed E-state index contributed by atoms with van der Waals surface area (Å²) in [6.45, 7) is -0.153.